The Balaban J connectivity index is 1.90. The van der Waals surface area contributed by atoms with Crippen LogP contribution in [0.2, 0.25) is 0 Å². The highest BCUT2D eigenvalue weighted by Gasteiger charge is 2.17. The monoisotopic (exact) mass is 347 g/mol. The van der Waals surface area contributed by atoms with Crippen LogP contribution in [-0.2, 0) is 9.53 Å². The Kier molecular flexibility index (Phi) is 7.26. The zero-order valence-corrected chi connectivity index (χ0v) is 16.3. The van der Waals surface area contributed by atoms with E-state index in [0.717, 1.165) is 43.9 Å². The van der Waals surface area contributed by atoms with E-state index in [4.69, 9.17) is 4.74 Å². The SMILES string of the molecule is Cc1cc(N2CCN(C)CC2)ccc1NC(=O)C(C)OCCC(C)C. The van der Waals surface area contributed by atoms with Crippen LogP contribution in [0, 0.1) is 12.8 Å². The molecule has 0 saturated carbocycles. The van der Waals surface area contributed by atoms with Crippen molar-refractivity contribution in [2.24, 2.45) is 5.92 Å². The van der Waals surface area contributed by atoms with E-state index >= 15 is 0 Å². The van der Waals surface area contributed by atoms with E-state index in [1.165, 1.54) is 5.69 Å². The van der Waals surface area contributed by atoms with Crippen molar-refractivity contribution in [2.45, 2.75) is 40.2 Å². The molecule has 1 N–H and O–H groups in total. The molecule has 1 aromatic rings. The molecular formula is C20H33N3O2. The topological polar surface area (TPSA) is 44.8 Å². The fraction of sp³-hybridized carbons (Fsp3) is 0.650. The highest BCUT2D eigenvalue weighted by molar-refractivity contribution is 5.94. The second kappa shape index (κ2) is 9.20. The third-order valence-electron chi connectivity index (χ3n) is 4.77. The lowest BCUT2D eigenvalue weighted by molar-refractivity contribution is -0.126. The molecule has 1 saturated heterocycles. The molecule has 140 valence electrons. The maximum absolute atomic E-state index is 12.3. The Labute approximate surface area is 152 Å². The van der Waals surface area contributed by atoms with Gasteiger partial charge in [0.05, 0.1) is 0 Å². The number of likely N-dealkylation sites (N-methyl/N-ethyl adjacent to an activating group) is 1. The molecule has 1 aromatic carbocycles. The minimum Gasteiger partial charge on any atom is -0.369 e. The van der Waals surface area contributed by atoms with Crippen molar-refractivity contribution >= 4 is 17.3 Å². The van der Waals surface area contributed by atoms with Crippen molar-refractivity contribution in [3.63, 3.8) is 0 Å². The van der Waals surface area contributed by atoms with Gasteiger partial charge in [-0.3, -0.25) is 4.79 Å². The van der Waals surface area contributed by atoms with E-state index in [2.05, 4.69) is 48.1 Å². The van der Waals surface area contributed by atoms with Crippen LogP contribution >= 0.6 is 0 Å². The smallest absolute Gasteiger partial charge is 0.253 e. The Bertz CT molecular complexity index is 566. The Morgan fingerprint density at radius 2 is 1.88 bits per heavy atom. The van der Waals surface area contributed by atoms with Crippen LogP contribution in [0.3, 0.4) is 0 Å². The average molecular weight is 348 g/mol. The van der Waals surface area contributed by atoms with E-state index in [1.807, 2.05) is 19.9 Å². The molecule has 5 heteroatoms. The molecule has 0 aromatic heterocycles. The summed E-state index contributed by atoms with van der Waals surface area (Å²) >= 11 is 0. The normalized spacial score (nSPS) is 17.0. The maximum atomic E-state index is 12.3. The molecule has 1 aliphatic heterocycles. The van der Waals surface area contributed by atoms with Crippen molar-refractivity contribution in [3.8, 4) is 0 Å². The molecule has 1 heterocycles. The third kappa shape index (κ3) is 6.01. The largest absolute Gasteiger partial charge is 0.369 e. The summed E-state index contributed by atoms with van der Waals surface area (Å²) in [7, 11) is 2.16. The number of nitrogens with one attached hydrogen (secondary N) is 1. The number of benzene rings is 1. The quantitative estimate of drug-likeness (QED) is 0.823. The van der Waals surface area contributed by atoms with Gasteiger partial charge >= 0.3 is 0 Å². The zero-order valence-electron chi connectivity index (χ0n) is 16.3. The van der Waals surface area contributed by atoms with Crippen LogP contribution in [0.15, 0.2) is 18.2 Å². The van der Waals surface area contributed by atoms with Crippen LogP contribution in [-0.4, -0.2) is 56.7 Å². The Morgan fingerprint density at radius 1 is 1.20 bits per heavy atom. The van der Waals surface area contributed by atoms with Crippen molar-refractivity contribution in [1.29, 1.82) is 0 Å². The number of rotatable bonds is 7. The number of nitrogens with zero attached hydrogens (tertiary/aromatic N) is 2. The molecule has 25 heavy (non-hydrogen) atoms. The van der Waals surface area contributed by atoms with E-state index < -0.39 is 6.10 Å². The number of carbonyl (C=O) groups is 1. The van der Waals surface area contributed by atoms with Crippen LogP contribution < -0.4 is 10.2 Å². The maximum Gasteiger partial charge on any atom is 0.253 e. The van der Waals surface area contributed by atoms with Gasteiger partial charge in [-0.05, 0) is 57.0 Å². The molecule has 0 spiro atoms. The highest BCUT2D eigenvalue weighted by atomic mass is 16.5. The van der Waals surface area contributed by atoms with Gasteiger partial charge in [0, 0.05) is 44.2 Å². The van der Waals surface area contributed by atoms with Gasteiger partial charge in [0.2, 0.25) is 0 Å². The first-order valence-electron chi connectivity index (χ1n) is 9.33. The molecule has 0 radical (unpaired) electrons. The molecule has 1 amide bonds. The summed E-state index contributed by atoms with van der Waals surface area (Å²) in [6, 6.07) is 6.26. The van der Waals surface area contributed by atoms with Crippen LogP contribution in [0.1, 0.15) is 32.8 Å². The van der Waals surface area contributed by atoms with Crippen LogP contribution in [0.4, 0.5) is 11.4 Å². The second-order valence-electron chi connectivity index (χ2n) is 7.47. The Hall–Kier alpha value is -1.59. The average Bonchev–Trinajstić information content (AvgIpc) is 2.57. The first-order valence-corrected chi connectivity index (χ1v) is 9.33. The van der Waals surface area contributed by atoms with E-state index in [0.29, 0.717) is 12.5 Å². The zero-order chi connectivity index (χ0) is 18.4. The number of carbonyl (C=O) groups excluding carboxylic acids is 1. The van der Waals surface area contributed by atoms with Gasteiger partial charge < -0.3 is 19.9 Å². The fourth-order valence-electron chi connectivity index (χ4n) is 2.84. The van der Waals surface area contributed by atoms with Crippen molar-refractivity contribution in [1.82, 2.24) is 4.90 Å². The summed E-state index contributed by atoms with van der Waals surface area (Å²) in [5, 5.41) is 2.99. The van der Waals surface area contributed by atoms with Gasteiger partial charge in [0.25, 0.3) is 5.91 Å². The Morgan fingerprint density at radius 3 is 2.48 bits per heavy atom. The van der Waals surface area contributed by atoms with Gasteiger partial charge in [0.1, 0.15) is 6.10 Å². The van der Waals surface area contributed by atoms with Crippen molar-refractivity contribution in [3.05, 3.63) is 23.8 Å². The number of ether oxygens (including phenoxy) is 1. The third-order valence-corrected chi connectivity index (χ3v) is 4.77. The van der Waals surface area contributed by atoms with Gasteiger partial charge in [0.15, 0.2) is 0 Å². The van der Waals surface area contributed by atoms with Gasteiger partial charge in [-0.25, -0.2) is 0 Å². The molecular weight excluding hydrogens is 314 g/mol. The molecule has 5 nitrogen and oxygen atoms in total. The molecule has 1 fully saturated rings. The molecule has 0 aliphatic carbocycles. The van der Waals surface area contributed by atoms with Crippen molar-refractivity contribution in [2.75, 3.05) is 50.1 Å². The number of anilines is 2. The standard InChI is InChI=1S/C20H33N3O2/c1-15(2)8-13-25-17(4)20(24)21-19-7-6-18(14-16(19)3)23-11-9-22(5)10-12-23/h6-7,14-15,17H,8-13H2,1-5H3,(H,21,24). The lowest BCUT2D eigenvalue weighted by Crippen LogP contribution is -2.44. The highest BCUT2D eigenvalue weighted by Crippen LogP contribution is 2.24. The van der Waals surface area contributed by atoms with E-state index in [1.54, 1.807) is 0 Å². The molecule has 1 aliphatic rings. The minimum atomic E-state index is -0.435. The predicted octanol–water partition coefficient (Wildman–Crippen LogP) is 3.14. The molecule has 0 bridgehead atoms. The number of aryl methyl sites for hydroxylation is 1. The van der Waals surface area contributed by atoms with Gasteiger partial charge in [-0.2, -0.15) is 0 Å². The number of piperazine rings is 1. The minimum absolute atomic E-state index is 0.0841. The summed E-state index contributed by atoms with van der Waals surface area (Å²) < 4.78 is 5.63. The van der Waals surface area contributed by atoms with Crippen molar-refractivity contribution < 1.29 is 9.53 Å². The van der Waals surface area contributed by atoms with Gasteiger partial charge in [-0.15, -0.1) is 0 Å². The number of hydrogen-bond donors (Lipinski definition) is 1. The van der Waals surface area contributed by atoms with Crippen LogP contribution in [0.25, 0.3) is 0 Å². The van der Waals surface area contributed by atoms with Crippen LogP contribution in [0.5, 0.6) is 0 Å². The van der Waals surface area contributed by atoms with E-state index in [9.17, 15) is 4.79 Å². The summed E-state index contributed by atoms with van der Waals surface area (Å²) in [4.78, 5) is 17.1. The first-order chi connectivity index (χ1) is 11.9. The second-order valence-corrected chi connectivity index (χ2v) is 7.47. The van der Waals surface area contributed by atoms with E-state index in [-0.39, 0.29) is 5.91 Å². The molecule has 1 unspecified atom stereocenters. The van der Waals surface area contributed by atoms with Gasteiger partial charge in [-0.1, -0.05) is 13.8 Å². The number of amides is 1. The molecule has 1 atom stereocenters. The number of hydrogen-bond acceptors (Lipinski definition) is 4. The predicted molar refractivity (Wildman–Crippen MR) is 104 cm³/mol. The summed E-state index contributed by atoms with van der Waals surface area (Å²) in [5.74, 6) is 0.499. The summed E-state index contributed by atoms with van der Waals surface area (Å²) in [6.45, 7) is 13.0. The molecule has 2 rings (SSSR count). The fourth-order valence-corrected chi connectivity index (χ4v) is 2.84. The lowest BCUT2D eigenvalue weighted by Gasteiger charge is -2.34. The summed E-state index contributed by atoms with van der Waals surface area (Å²) in [5.41, 5.74) is 3.17. The first kappa shape index (κ1) is 19.7. The lowest BCUT2D eigenvalue weighted by atomic mass is 10.1. The summed E-state index contributed by atoms with van der Waals surface area (Å²) in [6.07, 6.45) is 0.534.